The lowest BCUT2D eigenvalue weighted by Crippen LogP contribution is -2.50. The summed E-state index contributed by atoms with van der Waals surface area (Å²) in [7, 11) is 0. The van der Waals surface area contributed by atoms with E-state index in [1.54, 1.807) is 0 Å². The lowest BCUT2D eigenvalue weighted by atomic mass is 10.0. The minimum atomic E-state index is -4.54. The van der Waals surface area contributed by atoms with Gasteiger partial charge >= 0.3 is 6.18 Å². The third-order valence-electron chi connectivity index (χ3n) is 3.97. The first-order valence-corrected chi connectivity index (χ1v) is 7.32. The molecule has 5 nitrogen and oxygen atoms in total. The molecule has 0 radical (unpaired) electrons. The molecule has 2 saturated heterocycles. The average Bonchev–Trinajstić information content (AvgIpc) is 2.78. The van der Waals surface area contributed by atoms with Gasteiger partial charge in [0, 0.05) is 25.6 Å². The van der Waals surface area contributed by atoms with Gasteiger partial charge in [-0.1, -0.05) is 0 Å². The maximum Gasteiger partial charge on any atom is 0.397 e. The predicted molar refractivity (Wildman–Crippen MR) is 69.8 cm³/mol. The van der Waals surface area contributed by atoms with Crippen molar-refractivity contribution in [2.24, 2.45) is 0 Å². The van der Waals surface area contributed by atoms with Crippen molar-refractivity contribution in [3.63, 3.8) is 0 Å². The SMILES string of the molecule is O=C(NC1CCN(C(=O)CC(F)(F)F)CC1)C1CC(F)(F)CN1. The maximum atomic E-state index is 13.0. The second-order valence-electron chi connectivity index (χ2n) is 5.95. The van der Waals surface area contributed by atoms with Gasteiger partial charge in [-0.3, -0.25) is 14.9 Å². The van der Waals surface area contributed by atoms with Crippen molar-refractivity contribution in [1.29, 1.82) is 0 Å². The van der Waals surface area contributed by atoms with E-state index >= 15 is 0 Å². The van der Waals surface area contributed by atoms with Crippen LogP contribution in [0.4, 0.5) is 22.0 Å². The fourth-order valence-corrected chi connectivity index (χ4v) is 2.76. The Hall–Kier alpha value is -1.45. The Bertz CT molecular complexity index is 461. The van der Waals surface area contributed by atoms with Crippen LogP contribution >= 0.6 is 0 Å². The second kappa shape index (κ2) is 6.58. The van der Waals surface area contributed by atoms with Gasteiger partial charge in [0.05, 0.1) is 12.6 Å². The first-order chi connectivity index (χ1) is 10.6. The summed E-state index contributed by atoms with van der Waals surface area (Å²) < 4.78 is 62.6. The van der Waals surface area contributed by atoms with Crippen molar-refractivity contribution in [3.05, 3.63) is 0 Å². The second-order valence-corrected chi connectivity index (χ2v) is 5.95. The van der Waals surface area contributed by atoms with E-state index in [1.807, 2.05) is 0 Å². The fourth-order valence-electron chi connectivity index (χ4n) is 2.76. The Balaban J connectivity index is 1.75. The number of nitrogens with zero attached hydrogens (tertiary/aromatic N) is 1. The molecule has 2 amide bonds. The first-order valence-electron chi connectivity index (χ1n) is 7.32. The number of alkyl halides is 5. The van der Waals surface area contributed by atoms with Crippen molar-refractivity contribution in [2.75, 3.05) is 19.6 Å². The molecular formula is C13H18F5N3O2. The minimum Gasteiger partial charge on any atom is -0.352 e. The molecule has 0 aromatic carbocycles. The molecule has 2 heterocycles. The third-order valence-corrected chi connectivity index (χ3v) is 3.97. The topological polar surface area (TPSA) is 61.4 Å². The van der Waals surface area contributed by atoms with Gasteiger partial charge in [0.15, 0.2) is 0 Å². The van der Waals surface area contributed by atoms with Gasteiger partial charge in [0.1, 0.15) is 6.42 Å². The number of hydrogen-bond acceptors (Lipinski definition) is 3. The summed E-state index contributed by atoms with van der Waals surface area (Å²) in [6.45, 7) is -0.336. The molecule has 0 bridgehead atoms. The van der Waals surface area contributed by atoms with Crippen LogP contribution in [0.15, 0.2) is 0 Å². The van der Waals surface area contributed by atoms with Crippen LogP contribution in [-0.2, 0) is 9.59 Å². The molecule has 2 aliphatic heterocycles. The van der Waals surface area contributed by atoms with Gasteiger partial charge in [0.25, 0.3) is 5.92 Å². The third kappa shape index (κ3) is 5.29. The number of halogens is 5. The average molecular weight is 343 g/mol. The first kappa shape index (κ1) is 17.9. The van der Waals surface area contributed by atoms with E-state index < -0.39 is 49.3 Å². The van der Waals surface area contributed by atoms with Gasteiger partial charge in [0.2, 0.25) is 11.8 Å². The number of amides is 2. The zero-order valence-electron chi connectivity index (χ0n) is 12.3. The molecule has 2 rings (SSSR count). The van der Waals surface area contributed by atoms with Crippen LogP contribution in [0.3, 0.4) is 0 Å². The molecule has 2 N–H and O–H groups in total. The minimum absolute atomic E-state index is 0.105. The summed E-state index contributed by atoms with van der Waals surface area (Å²) >= 11 is 0. The molecular weight excluding hydrogens is 325 g/mol. The molecule has 0 saturated carbocycles. The van der Waals surface area contributed by atoms with Crippen LogP contribution in [0.1, 0.15) is 25.7 Å². The predicted octanol–water partition coefficient (Wildman–Crippen LogP) is 1.04. The Kier molecular flexibility index (Phi) is 5.12. The van der Waals surface area contributed by atoms with Crippen molar-refractivity contribution in [2.45, 2.75) is 49.9 Å². The van der Waals surface area contributed by atoms with Crippen molar-refractivity contribution >= 4 is 11.8 Å². The summed E-state index contributed by atoms with van der Waals surface area (Å²) in [6, 6.07) is -1.29. The molecule has 132 valence electrons. The lowest BCUT2D eigenvalue weighted by Gasteiger charge is -2.33. The Morgan fingerprint density at radius 2 is 1.83 bits per heavy atom. The quantitative estimate of drug-likeness (QED) is 0.753. The number of hydrogen-bond donors (Lipinski definition) is 2. The Labute approximate surface area is 129 Å². The van der Waals surface area contributed by atoms with Gasteiger partial charge in [-0.15, -0.1) is 0 Å². The Morgan fingerprint density at radius 1 is 1.22 bits per heavy atom. The number of rotatable bonds is 3. The highest BCUT2D eigenvalue weighted by Crippen LogP contribution is 2.26. The highest BCUT2D eigenvalue weighted by atomic mass is 19.4. The van der Waals surface area contributed by atoms with Crippen LogP contribution in [0, 0.1) is 0 Å². The van der Waals surface area contributed by atoms with E-state index in [0.29, 0.717) is 12.8 Å². The molecule has 1 unspecified atom stereocenters. The zero-order valence-corrected chi connectivity index (χ0v) is 12.3. The standard InChI is InChI=1S/C13H18F5N3O2/c14-12(15)5-9(19-7-12)11(23)20-8-1-3-21(4-2-8)10(22)6-13(16,17)18/h8-9,19H,1-7H2,(H,20,23). The molecule has 0 aromatic rings. The highest BCUT2D eigenvalue weighted by Gasteiger charge is 2.43. The molecule has 2 aliphatic rings. The molecule has 0 aromatic heterocycles. The van der Waals surface area contributed by atoms with Gasteiger partial charge in [-0.25, -0.2) is 8.78 Å². The van der Waals surface area contributed by atoms with Crippen LogP contribution < -0.4 is 10.6 Å². The number of piperidine rings is 1. The van der Waals surface area contributed by atoms with Crippen molar-refractivity contribution in [3.8, 4) is 0 Å². The summed E-state index contributed by atoms with van der Waals surface area (Å²) in [5, 5.41) is 5.05. The summed E-state index contributed by atoms with van der Waals surface area (Å²) in [5.74, 6) is -4.43. The molecule has 1 atom stereocenters. The summed E-state index contributed by atoms with van der Waals surface area (Å²) in [5.41, 5.74) is 0. The van der Waals surface area contributed by atoms with Gasteiger partial charge < -0.3 is 10.2 Å². The summed E-state index contributed by atoms with van der Waals surface area (Å²) in [4.78, 5) is 24.4. The smallest absolute Gasteiger partial charge is 0.352 e. The van der Waals surface area contributed by atoms with E-state index in [4.69, 9.17) is 0 Å². The largest absolute Gasteiger partial charge is 0.397 e. The molecule has 23 heavy (non-hydrogen) atoms. The molecule has 0 spiro atoms. The van der Waals surface area contributed by atoms with E-state index in [-0.39, 0.29) is 19.1 Å². The van der Waals surface area contributed by atoms with Crippen LogP contribution in [0.2, 0.25) is 0 Å². The lowest BCUT2D eigenvalue weighted by molar-refractivity contribution is -0.162. The monoisotopic (exact) mass is 343 g/mol. The van der Waals surface area contributed by atoms with E-state index in [1.165, 1.54) is 0 Å². The number of nitrogens with one attached hydrogen (secondary N) is 2. The zero-order chi connectivity index (χ0) is 17.3. The van der Waals surface area contributed by atoms with Gasteiger partial charge in [-0.2, -0.15) is 13.2 Å². The Morgan fingerprint density at radius 3 is 2.30 bits per heavy atom. The highest BCUT2D eigenvalue weighted by molar-refractivity contribution is 5.82. The van der Waals surface area contributed by atoms with Gasteiger partial charge in [-0.05, 0) is 12.8 Å². The maximum absolute atomic E-state index is 13.0. The normalized spacial score (nSPS) is 25.4. The molecule has 10 heteroatoms. The van der Waals surface area contributed by atoms with Crippen molar-refractivity contribution < 1.29 is 31.5 Å². The number of carbonyl (C=O) groups excluding carboxylic acids is 2. The molecule has 2 fully saturated rings. The van der Waals surface area contributed by atoms with Crippen LogP contribution in [0.5, 0.6) is 0 Å². The van der Waals surface area contributed by atoms with E-state index in [9.17, 15) is 31.5 Å². The number of likely N-dealkylation sites (tertiary alicyclic amines) is 1. The van der Waals surface area contributed by atoms with E-state index in [0.717, 1.165) is 4.90 Å². The fraction of sp³-hybridized carbons (Fsp3) is 0.846. The molecule has 0 aliphatic carbocycles. The van der Waals surface area contributed by atoms with Crippen LogP contribution in [0.25, 0.3) is 0 Å². The summed E-state index contributed by atoms with van der Waals surface area (Å²) in [6.07, 6.45) is -5.99. The van der Waals surface area contributed by atoms with Crippen LogP contribution in [-0.4, -0.2) is 60.5 Å². The van der Waals surface area contributed by atoms with E-state index in [2.05, 4.69) is 10.6 Å². The van der Waals surface area contributed by atoms with Crippen molar-refractivity contribution in [1.82, 2.24) is 15.5 Å². The number of carbonyl (C=O) groups is 2.